The van der Waals surface area contributed by atoms with Gasteiger partial charge in [0.1, 0.15) is 0 Å². The molecule has 0 aliphatic carbocycles. The molecule has 0 fully saturated rings. The molecule has 0 saturated carbocycles. The summed E-state index contributed by atoms with van der Waals surface area (Å²) in [6.45, 7) is 10.5. The molecule has 0 aromatic rings. The van der Waals surface area contributed by atoms with Crippen molar-refractivity contribution in [2.24, 2.45) is 0 Å². The topological polar surface area (TPSA) is 69.6 Å². The van der Waals surface area contributed by atoms with E-state index in [4.69, 9.17) is 5.11 Å². The van der Waals surface area contributed by atoms with Crippen LogP contribution in [0.4, 0.5) is 0 Å². The summed E-state index contributed by atoms with van der Waals surface area (Å²) < 4.78 is 0. The van der Waals surface area contributed by atoms with E-state index in [0.717, 1.165) is 0 Å². The summed E-state index contributed by atoms with van der Waals surface area (Å²) in [7, 11) is 0. The number of aliphatic carboxylic acids is 1. The summed E-state index contributed by atoms with van der Waals surface area (Å²) in [4.78, 5) is 10.5. The molecule has 0 radical (unpaired) electrons. The Morgan fingerprint density at radius 2 is 1.79 bits per heavy atom. The number of nitrogens with one attached hydrogen (secondary N) is 1. The van der Waals surface area contributed by atoms with Crippen molar-refractivity contribution in [1.29, 1.82) is 0 Å². The van der Waals surface area contributed by atoms with Crippen molar-refractivity contribution in [3.63, 3.8) is 0 Å². The minimum Gasteiger partial charge on any atom is -0.478 e. The van der Waals surface area contributed by atoms with Gasteiger partial charge in [0, 0.05) is 17.7 Å². The van der Waals surface area contributed by atoms with Crippen LogP contribution in [0.3, 0.4) is 0 Å². The Balaban J connectivity index is 4.27. The van der Waals surface area contributed by atoms with Crippen molar-refractivity contribution in [3.05, 3.63) is 12.2 Å². The second-order valence-electron chi connectivity index (χ2n) is 4.45. The fourth-order valence-corrected chi connectivity index (χ4v) is 0.620. The van der Waals surface area contributed by atoms with Gasteiger partial charge in [0.25, 0.3) is 0 Å². The van der Waals surface area contributed by atoms with Crippen molar-refractivity contribution >= 4 is 5.97 Å². The number of aliphatic hydroxyl groups is 1. The first kappa shape index (κ1) is 13.1. The zero-order valence-electron chi connectivity index (χ0n) is 9.22. The summed E-state index contributed by atoms with van der Waals surface area (Å²) in [5, 5.41) is 21.3. The predicted octanol–water partition coefficient (Wildman–Crippen LogP) is 0.766. The van der Waals surface area contributed by atoms with Crippen LogP contribution in [0, 0.1) is 0 Å². The maximum atomic E-state index is 10.5. The summed E-state index contributed by atoms with van der Waals surface area (Å²) in [5.74, 6) is -1.02. The molecule has 0 saturated heterocycles. The molecule has 4 heteroatoms. The Bertz CT molecular complexity index is 238. The lowest BCUT2D eigenvalue weighted by molar-refractivity contribution is -0.132. The molecule has 14 heavy (non-hydrogen) atoms. The second-order valence-corrected chi connectivity index (χ2v) is 4.45. The van der Waals surface area contributed by atoms with Gasteiger partial charge in [-0.3, -0.25) is 0 Å². The maximum Gasteiger partial charge on any atom is 0.332 e. The molecule has 0 amide bonds. The van der Waals surface area contributed by atoms with E-state index < -0.39 is 17.1 Å². The number of carboxylic acid groups (broad SMARTS) is 1. The van der Waals surface area contributed by atoms with Gasteiger partial charge >= 0.3 is 5.97 Å². The minimum atomic E-state index is -1.02. The smallest absolute Gasteiger partial charge is 0.332 e. The van der Waals surface area contributed by atoms with Crippen LogP contribution in [0.1, 0.15) is 27.7 Å². The zero-order chi connectivity index (χ0) is 11.6. The lowest BCUT2D eigenvalue weighted by Crippen LogP contribution is -2.56. The lowest BCUT2D eigenvalue weighted by atomic mass is 9.86. The Morgan fingerprint density at radius 3 is 2.07 bits per heavy atom. The molecule has 0 aromatic carbocycles. The number of hydrogen-bond acceptors (Lipinski definition) is 3. The van der Waals surface area contributed by atoms with E-state index in [9.17, 15) is 9.90 Å². The van der Waals surface area contributed by atoms with E-state index in [2.05, 4.69) is 11.9 Å². The molecular weight excluding hydrogens is 182 g/mol. The first-order chi connectivity index (χ1) is 6.08. The fourth-order valence-electron chi connectivity index (χ4n) is 0.620. The molecule has 0 atom stereocenters. The second kappa shape index (κ2) is 4.11. The highest BCUT2D eigenvalue weighted by Crippen LogP contribution is 2.20. The minimum absolute atomic E-state index is 0.0855. The van der Waals surface area contributed by atoms with Crippen molar-refractivity contribution in [2.45, 2.75) is 38.8 Å². The Hall–Kier alpha value is -0.870. The molecule has 0 bridgehead atoms. The molecule has 3 N–H and O–H groups in total. The highest BCUT2D eigenvalue weighted by atomic mass is 16.4. The summed E-state index contributed by atoms with van der Waals surface area (Å²) >= 11 is 0. The van der Waals surface area contributed by atoms with Crippen LogP contribution in [0.2, 0.25) is 0 Å². The van der Waals surface area contributed by atoms with Crippen LogP contribution in [0.5, 0.6) is 0 Å². The normalized spacial score (nSPS) is 12.6. The van der Waals surface area contributed by atoms with E-state index in [0.29, 0.717) is 0 Å². The molecule has 0 aliphatic rings. The standard InChI is InChI=1S/C10H19NO3/c1-7(8(12)13)6-11-9(2,3)10(4,5)14/h11,14H,1,6H2,2-5H3,(H,12,13). The summed E-state index contributed by atoms with van der Waals surface area (Å²) in [6, 6.07) is 0. The first-order valence-corrected chi connectivity index (χ1v) is 4.46. The predicted molar refractivity (Wildman–Crippen MR) is 55.2 cm³/mol. The quantitative estimate of drug-likeness (QED) is 0.574. The molecule has 82 valence electrons. The molecule has 0 aromatic heterocycles. The average Bonchev–Trinajstić information content (AvgIpc) is 1.97. The third-order valence-electron chi connectivity index (χ3n) is 2.58. The van der Waals surface area contributed by atoms with Gasteiger partial charge in [-0.05, 0) is 27.7 Å². The van der Waals surface area contributed by atoms with Crippen LogP contribution in [0.25, 0.3) is 0 Å². The van der Waals surface area contributed by atoms with Gasteiger partial charge in [0.15, 0.2) is 0 Å². The van der Waals surface area contributed by atoms with Crippen molar-refractivity contribution in [1.82, 2.24) is 5.32 Å². The molecule has 0 heterocycles. The van der Waals surface area contributed by atoms with Gasteiger partial charge in [-0.25, -0.2) is 4.79 Å². The van der Waals surface area contributed by atoms with Crippen LogP contribution in [0.15, 0.2) is 12.2 Å². The summed E-state index contributed by atoms with van der Waals surface area (Å²) in [6.07, 6.45) is 0. The van der Waals surface area contributed by atoms with Gasteiger partial charge < -0.3 is 15.5 Å². The largest absolute Gasteiger partial charge is 0.478 e. The third kappa shape index (κ3) is 3.47. The fraction of sp³-hybridized carbons (Fsp3) is 0.700. The highest BCUT2D eigenvalue weighted by Gasteiger charge is 2.34. The zero-order valence-corrected chi connectivity index (χ0v) is 9.22. The van der Waals surface area contributed by atoms with Gasteiger partial charge in [0.2, 0.25) is 0 Å². The van der Waals surface area contributed by atoms with Crippen molar-refractivity contribution in [3.8, 4) is 0 Å². The Kier molecular flexibility index (Phi) is 3.85. The van der Waals surface area contributed by atoms with Gasteiger partial charge in [0.05, 0.1) is 5.60 Å². The van der Waals surface area contributed by atoms with E-state index in [1.54, 1.807) is 13.8 Å². The SMILES string of the molecule is C=C(CNC(C)(C)C(C)(C)O)C(=O)O. The van der Waals surface area contributed by atoms with Crippen LogP contribution in [-0.2, 0) is 4.79 Å². The van der Waals surface area contributed by atoms with Gasteiger partial charge in [-0.1, -0.05) is 6.58 Å². The molecular formula is C10H19NO3. The van der Waals surface area contributed by atoms with Gasteiger partial charge in [-0.2, -0.15) is 0 Å². The molecule has 0 rings (SSSR count). The number of carboxylic acids is 1. The monoisotopic (exact) mass is 201 g/mol. The molecule has 0 unspecified atom stereocenters. The van der Waals surface area contributed by atoms with E-state index in [1.165, 1.54) is 0 Å². The van der Waals surface area contributed by atoms with Crippen LogP contribution < -0.4 is 5.32 Å². The third-order valence-corrected chi connectivity index (χ3v) is 2.58. The molecule has 4 nitrogen and oxygen atoms in total. The highest BCUT2D eigenvalue weighted by molar-refractivity contribution is 5.86. The molecule has 0 aliphatic heterocycles. The number of rotatable bonds is 5. The van der Waals surface area contributed by atoms with Crippen molar-refractivity contribution < 1.29 is 15.0 Å². The van der Waals surface area contributed by atoms with E-state index >= 15 is 0 Å². The van der Waals surface area contributed by atoms with Gasteiger partial charge in [-0.15, -0.1) is 0 Å². The van der Waals surface area contributed by atoms with Crippen LogP contribution >= 0.6 is 0 Å². The first-order valence-electron chi connectivity index (χ1n) is 4.46. The Labute approximate surface area is 84.6 Å². The average molecular weight is 201 g/mol. The summed E-state index contributed by atoms with van der Waals surface area (Å²) in [5.41, 5.74) is -1.40. The lowest BCUT2D eigenvalue weighted by Gasteiger charge is -2.38. The Morgan fingerprint density at radius 1 is 1.36 bits per heavy atom. The van der Waals surface area contributed by atoms with Crippen molar-refractivity contribution in [2.75, 3.05) is 6.54 Å². The number of carbonyl (C=O) groups is 1. The number of hydrogen-bond donors (Lipinski definition) is 3. The maximum absolute atomic E-state index is 10.5. The molecule has 0 spiro atoms. The van der Waals surface area contributed by atoms with E-state index in [1.807, 2.05) is 13.8 Å². The van der Waals surface area contributed by atoms with E-state index in [-0.39, 0.29) is 12.1 Å². The van der Waals surface area contributed by atoms with Crippen LogP contribution in [-0.4, -0.2) is 33.9 Å².